The van der Waals surface area contributed by atoms with Crippen molar-refractivity contribution in [2.24, 2.45) is 0 Å². The Kier molecular flexibility index (Phi) is 2.85. The van der Waals surface area contributed by atoms with Crippen LogP contribution >= 0.6 is 0 Å². The Morgan fingerprint density at radius 1 is 1.13 bits per heavy atom. The lowest BCUT2D eigenvalue weighted by atomic mass is 9.93. The molecule has 1 aromatic rings. The van der Waals surface area contributed by atoms with E-state index in [9.17, 15) is 0 Å². The maximum Gasteiger partial charge on any atom is 0.0370 e. The van der Waals surface area contributed by atoms with Crippen molar-refractivity contribution in [3.63, 3.8) is 0 Å². The predicted octanol–water partition coefficient (Wildman–Crippen LogP) is 3.07. The third-order valence-corrected chi connectivity index (χ3v) is 3.52. The molecule has 0 unspecified atom stereocenters. The molecule has 0 aliphatic heterocycles. The average molecular weight is 204 g/mol. The molecule has 2 nitrogen and oxygen atoms in total. The molecule has 1 aliphatic rings. The zero-order valence-electron chi connectivity index (χ0n) is 9.42. The largest absolute Gasteiger partial charge is 0.398 e. The van der Waals surface area contributed by atoms with Crippen LogP contribution in [0.25, 0.3) is 0 Å². The third-order valence-electron chi connectivity index (χ3n) is 3.52. The Morgan fingerprint density at radius 2 is 1.80 bits per heavy atom. The van der Waals surface area contributed by atoms with E-state index in [-0.39, 0.29) is 0 Å². The molecule has 0 amide bonds. The summed E-state index contributed by atoms with van der Waals surface area (Å²) in [4.78, 5) is 0. The highest BCUT2D eigenvalue weighted by Gasteiger charge is 2.19. The molecule has 0 bridgehead atoms. The summed E-state index contributed by atoms with van der Waals surface area (Å²) in [7, 11) is 0. The highest BCUT2D eigenvalue weighted by molar-refractivity contribution is 5.62. The third kappa shape index (κ3) is 1.94. The van der Waals surface area contributed by atoms with Crippen LogP contribution in [-0.4, -0.2) is 0 Å². The molecule has 2 rings (SSSR count). The summed E-state index contributed by atoms with van der Waals surface area (Å²) in [6, 6.07) is 4.16. The number of nitrogens with two attached hydrogens (primary N) is 2. The molecule has 1 aliphatic carbocycles. The number of aryl methyl sites for hydroxylation is 1. The lowest BCUT2D eigenvalue weighted by molar-refractivity contribution is 0.724. The van der Waals surface area contributed by atoms with Gasteiger partial charge in [-0.3, -0.25) is 0 Å². The maximum atomic E-state index is 6.04. The number of anilines is 2. The van der Waals surface area contributed by atoms with E-state index < -0.39 is 0 Å². The SMILES string of the molecule is CCc1cc(C2CCCC2)c(N)cc1N. The van der Waals surface area contributed by atoms with Gasteiger partial charge in [0.15, 0.2) is 0 Å². The average Bonchev–Trinajstić information content (AvgIpc) is 2.71. The van der Waals surface area contributed by atoms with Crippen molar-refractivity contribution < 1.29 is 0 Å². The van der Waals surface area contributed by atoms with Gasteiger partial charge in [-0.15, -0.1) is 0 Å². The van der Waals surface area contributed by atoms with Gasteiger partial charge >= 0.3 is 0 Å². The minimum atomic E-state index is 0.677. The van der Waals surface area contributed by atoms with Crippen LogP contribution in [0, 0.1) is 0 Å². The van der Waals surface area contributed by atoms with Crippen molar-refractivity contribution in [2.45, 2.75) is 44.9 Å². The van der Waals surface area contributed by atoms with Crippen LogP contribution in [0.15, 0.2) is 12.1 Å². The standard InChI is InChI=1S/C13H20N2/c1-2-9-7-11(10-5-3-4-6-10)13(15)8-12(9)14/h7-8,10H,2-6,14-15H2,1H3. The summed E-state index contributed by atoms with van der Waals surface area (Å²) in [5.74, 6) is 0.677. The van der Waals surface area contributed by atoms with Crippen LogP contribution in [0.3, 0.4) is 0 Å². The monoisotopic (exact) mass is 204 g/mol. The van der Waals surface area contributed by atoms with Gasteiger partial charge in [-0.05, 0) is 42.4 Å². The summed E-state index contributed by atoms with van der Waals surface area (Å²) in [6.07, 6.45) is 6.26. The Balaban J connectivity index is 2.37. The quantitative estimate of drug-likeness (QED) is 0.727. The summed E-state index contributed by atoms with van der Waals surface area (Å²) < 4.78 is 0. The van der Waals surface area contributed by atoms with Gasteiger partial charge in [0.1, 0.15) is 0 Å². The van der Waals surface area contributed by atoms with Gasteiger partial charge in [-0.2, -0.15) is 0 Å². The second-order valence-corrected chi connectivity index (χ2v) is 4.51. The van der Waals surface area contributed by atoms with E-state index in [1.54, 1.807) is 0 Å². The van der Waals surface area contributed by atoms with E-state index >= 15 is 0 Å². The fraction of sp³-hybridized carbons (Fsp3) is 0.538. The van der Waals surface area contributed by atoms with E-state index in [0.717, 1.165) is 17.8 Å². The first kappa shape index (κ1) is 10.3. The van der Waals surface area contributed by atoms with E-state index in [1.165, 1.54) is 36.8 Å². The number of benzene rings is 1. The molecule has 0 radical (unpaired) electrons. The molecule has 0 atom stereocenters. The van der Waals surface area contributed by atoms with Crippen LogP contribution in [0.1, 0.15) is 49.7 Å². The second kappa shape index (κ2) is 4.13. The van der Waals surface area contributed by atoms with Crippen molar-refractivity contribution in [3.8, 4) is 0 Å². The lowest BCUT2D eigenvalue weighted by Crippen LogP contribution is -2.03. The molecule has 4 N–H and O–H groups in total. The van der Waals surface area contributed by atoms with Crippen molar-refractivity contribution in [1.29, 1.82) is 0 Å². The molecule has 2 heteroatoms. The molecule has 0 aromatic heterocycles. The van der Waals surface area contributed by atoms with Crippen LogP contribution in [0.4, 0.5) is 11.4 Å². The Labute approximate surface area is 91.7 Å². The molecule has 1 saturated carbocycles. The minimum Gasteiger partial charge on any atom is -0.398 e. The second-order valence-electron chi connectivity index (χ2n) is 4.51. The fourth-order valence-electron chi connectivity index (χ4n) is 2.59. The maximum absolute atomic E-state index is 6.04. The fourth-order valence-corrected chi connectivity index (χ4v) is 2.59. The van der Waals surface area contributed by atoms with Gasteiger partial charge in [-0.1, -0.05) is 25.8 Å². The van der Waals surface area contributed by atoms with Crippen molar-refractivity contribution >= 4 is 11.4 Å². The van der Waals surface area contributed by atoms with Crippen molar-refractivity contribution in [3.05, 3.63) is 23.3 Å². The van der Waals surface area contributed by atoms with Crippen LogP contribution < -0.4 is 11.5 Å². The topological polar surface area (TPSA) is 52.0 Å². The van der Waals surface area contributed by atoms with Gasteiger partial charge < -0.3 is 11.5 Å². The molecule has 1 aromatic carbocycles. The minimum absolute atomic E-state index is 0.677. The first-order valence-electron chi connectivity index (χ1n) is 5.90. The molecule has 0 saturated heterocycles. The normalized spacial score (nSPS) is 17.1. The van der Waals surface area contributed by atoms with Crippen LogP contribution in [0.5, 0.6) is 0 Å². The van der Waals surface area contributed by atoms with E-state index in [0.29, 0.717) is 5.92 Å². The number of hydrogen-bond donors (Lipinski definition) is 2. The van der Waals surface area contributed by atoms with Crippen LogP contribution in [-0.2, 0) is 6.42 Å². The van der Waals surface area contributed by atoms with E-state index in [2.05, 4.69) is 13.0 Å². The number of rotatable bonds is 2. The molecule has 0 heterocycles. The van der Waals surface area contributed by atoms with Gasteiger partial charge in [0.2, 0.25) is 0 Å². The lowest BCUT2D eigenvalue weighted by Gasteiger charge is -2.15. The van der Waals surface area contributed by atoms with Crippen molar-refractivity contribution in [1.82, 2.24) is 0 Å². The smallest absolute Gasteiger partial charge is 0.0370 e. The molecule has 15 heavy (non-hydrogen) atoms. The summed E-state index contributed by atoms with van der Waals surface area (Å²) >= 11 is 0. The Hall–Kier alpha value is -1.18. The number of hydrogen-bond acceptors (Lipinski definition) is 2. The van der Waals surface area contributed by atoms with Gasteiger partial charge in [-0.25, -0.2) is 0 Å². The first-order valence-corrected chi connectivity index (χ1v) is 5.90. The molecule has 0 spiro atoms. The first-order chi connectivity index (χ1) is 7.22. The summed E-state index contributed by atoms with van der Waals surface area (Å²) in [6.45, 7) is 2.14. The summed E-state index contributed by atoms with van der Waals surface area (Å²) in [5, 5.41) is 0. The Bertz CT molecular complexity index is 352. The van der Waals surface area contributed by atoms with Gasteiger partial charge in [0, 0.05) is 11.4 Å². The Morgan fingerprint density at radius 3 is 2.40 bits per heavy atom. The predicted molar refractivity (Wildman–Crippen MR) is 65.9 cm³/mol. The highest BCUT2D eigenvalue weighted by atomic mass is 14.6. The number of nitrogen functional groups attached to an aromatic ring is 2. The molecule has 1 fully saturated rings. The zero-order valence-corrected chi connectivity index (χ0v) is 9.42. The molecular weight excluding hydrogens is 184 g/mol. The zero-order chi connectivity index (χ0) is 10.8. The van der Waals surface area contributed by atoms with Crippen molar-refractivity contribution in [2.75, 3.05) is 11.5 Å². The molecular formula is C13H20N2. The highest BCUT2D eigenvalue weighted by Crippen LogP contribution is 2.38. The van der Waals surface area contributed by atoms with E-state index in [1.807, 2.05) is 6.07 Å². The van der Waals surface area contributed by atoms with Gasteiger partial charge in [0.25, 0.3) is 0 Å². The van der Waals surface area contributed by atoms with Crippen LogP contribution in [0.2, 0.25) is 0 Å². The summed E-state index contributed by atoms with van der Waals surface area (Å²) in [5.41, 5.74) is 16.3. The van der Waals surface area contributed by atoms with Gasteiger partial charge in [0.05, 0.1) is 0 Å². The molecule has 82 valence electrons. The van der Waals surface area contributed by atoms with E-state index in [4.69, 9.17) is 11.5 Å².